The Morgan fingerprint density at radius 2 is 1.94 bits per heavy atom. The Bertz CT molecular complexity index is 495. The topological polar surface area (TPSA) is 17.8 Å². The molecule has 0 unspecified atom stereocenters. The minimum atomic E-state index is 0.586. The van der Waals surface area contributed by atoms with Gasteiger partial charge in [0.25, 0.3) is 0 Å². The molecule has 2 nitrogen and oxygen atoms in total. The van der Waals surface area contributed by atoms with Crippen LogP contribution in [0.4, 0.5) is 0 Å². The molecule has 0 fully saturated rings. The van der Waals surface area contributed by atoms with Crippen LogP contribution in [0.1, 0.15) is 30.9 Å². The van der Waals surface area contributed by atoms with Crippen molar-refractivity contribution in [1.29, 1.82) is 0 Å². The molecule has 0 aliphatic rings. The Balaban J connectivity index is 2.42. The predicted molar refractivity (Wildman–Crippen MR) is 67.5 cm³/mol. The summed E-state index contributed by atoms with van der Waals surface area (Å²) in [5, 5.41) is 4.20. The summed E-state index contributed by atoms with van der Waals surface area (Å²) in [6, 6.07) is 6.65. The summed E-state index contributed by atoms with van der Waals surface area (Å²) in [5.41, 5.74) is 5.21. The lowest BCUT2D eigenvalue weighted by atomic mass is 9.95. The third-order valence-electron chi connectivity index (χ3n) is 2.93. The molecule has 84 valence electrons. The monoisotopic (exact) mass is 214 g/mol. The summed E-state index contributed by atoms with van der Waals surface area (Å²) in [7, 11) is 1.94. The van der Waals surface area contributed by atoms with Crippen LogP contribution >= 0.6 is 0 Å². The molecule has 2 rings (SSSR count). The van der Waals surface area contributed by atoms with E-state index in [0.717, 1.165) is 0 Å². The van der Waals surface area contributed by atoms with Crippen LogP contribution in [0.25, 0.3) is 11.1 Å². The standard InChI is InChI=1S/C14H18N2/c1-10(2)14-6-5-12(7-11(14)3)13-8-15-16(4)9-13/h5-10H,1-4H3. The molecule has 0 radical (unpaired) electrons. The number of aryl methyl sites for hydroxylation is 2. The molecule has 0 N–H and O–H groups in total. The molecule has 16 heavy (non-hydrogen) atoms. The fraction of sp³-hybridized carbons (Fsp3) is 0.357. The Labute approximate surface area is 96.9 Å². The van der Waals surface area contributed by atoms with Crippen LogP contribution in [-0.2, 0) is 7.05 Å². The molecule has 2 heteroatoms. The lowest BCUT2D eigenvalue weighted by Gasteiger charge is -2.10. The van der Waals surface area contributed by atoms with E-state index in [-0.39, 0.29) is 0 Å². The minimum Gasteiger partial charge on any atom is -0.275 e. The van der Waals surface area contributed by atoms with E-state index in [4.69, 9.17) is 0 Å². The summed E-state index contributed by atoms with van der Waals surface area (Å²) in [6.45, 7) is 6.63. The first kappa shape index (κ1) is 10.9. The van der Waals surface area contributed by atoms with E-state index in [1.807, 2.05) is 24.1 Å². The maximum Gasteiger partial charge on any atom is 0.0568 e. The summed E-state index contributed by atoms with van der Waals surface area (Å²) >= 11 is 0. The molecule has 1 heterocycles. The van der Waals surface area contributed by atoms with Gasteiger partial charge >= 0.3 is 0 Å². The maximum absolute atomic E-state index is 4.20. The highest BCUT2D eigenvalue weighted by Gasteiger charge is 2.06. The van der Waals surface area contributed by atoms with E-state index in [1.165, 1.54) is 22.3 Å². The van der Waals surface area contributed by atoms with Gasteiger partial charge in [-0.1, -0.05) is 32.0 Å². The molecule has 2 aromatic rings. The van der Waals surface area contributed by atoms with Crippen LogP contribution in [0.15, 0.2) is 30.6 Å². The molecule has 1 aromatic carbocycles. The van der Waals surface area contributed by atoms with Crippen molar-refractivity contribution < 1.29 is 0 Å². The Hall–Kier alpha value is -1.57. The molecule has 0 bridgehead atoms. The first-order valence-corrected chi connectivity index (χ1v) is 5.67. The van der Waals surface area contributed by atoms with Crippen molar-refractivity contribution in [3.8, 4) is 11.1 Å². The fourth-order valence-electron chi connectivity index (χ4n) is 2.07. The zero-order chi connectivity index (χ0) is 11.7. The predicted octanol–water partition coefficient (Wildman–Crippen LogP) is 3.52. The van der Waals surface area contributed by atoms with Crippen LogP contribution in [0.5, 0.6) is 0 Å². The zero-order valence-electron chi connectivity index (χ0n) is 10.4. The first-order valence-electron chi connectivity index (χ1n) is 5.67. The second-order valence-corrected chi connectivity index (χ2v) is 4.63. The zero-order valence-corrected chi connectivity index (χ0v) is 10.4. The third kappa shape index (κ3) is 2.01. The van der Waals surface area contributed by atoms with Gasteiger partial charge in [-0.3, -0.25) is 4.68 Å². The summed E-state index contributed by atoms with van der Waals surface area (Å²) in [5.74, 6) is 0.586. The third-order valence-corrected chi connectivity index (χ3v) is 2.93. The minimum absolute atomic E-state index is 0.586. The molecule has 0 saturated heterocycles. The van der Waals surface area contributed by atoms with Crippen LogP contribution in [0.2, 0.25) is 0 Å². The van der Waals surface area contributed by atoms with Gasteiger partial charge in [0.05, 0.1) is 6.20 Å². The van der Waals surface area contributed by atoms with E-state index in [0.29, 0.717) is 5.92 Å². The van der Waals surface area contributed by atoms with E-state index in [9.17, 15) is 0 Å². The lowest BCUT2D eigenvalue weighted by Crippen LogP contribution is -1.92. The van der Waals surface area contributed by atoms with Gasteiger partial charge in [-0.2, -0.15) is 5.10 Å². The molecule has 0 saturated carbocycles. The highest BCUT2D eigenvalue weighted by atomic mass is 15.2. The highest BCUT2D eigenvalue weighted by molar-refractivity contribution is 5.63. The summed E-state index contributed by atoms with van der Waals surface area (Å²) in [4.78, 5) is 0. The Morgan fingerprint density at radius 1 is 1.19 bits per heavy atom. The van der Waals surface area contributed by atoms with Gasteiger partial charge in [0.2, 0.25) is 0 Å². The maximum atomic E-state index is 4.20. The molecule has 0 aliphatic carbocycles. The number of hydrogen-bond donors (Lipinski definition) is 0. The second kappa shape index (κ2) is 4.12. The second-order valence-electron chi connectivity index (χ2n) is 4.63. The van der Waals surface area contributed by atoms with Crippen molar-refractivity contribution in [3.63, 3.8) is 0 Å². The van der Waals surface area contributed by atoms with Gasteiger partial charge in [-0.05, 0) is 29.5 Å². The first-order chi connectivity index (χ1) is 7.58. The van der Waals surface area contributed by atoms with E-state index in [1.54, 1.807) is 0 Å². The van der Waals surface area contributed by atoms with Gasteiger partial charge in [0.15, 0.2) is 0 Å². The highest BCUT2D eigenvalue weighted by Crippen LogP contribution is 2.25. The smallest absolute Gasteiger partial charge is 0.0568 e. The van der Waals surface area contributed by atoms with Crippen molar-refractivity contribution >= 4 is 0 Å². The normalized spacial score (nSPS) is 11.1. The van der Waals surface area contributed by atoms with Crippen molar-refractivity contribution in [3.05, 3.63) is 41.7 Å². The number of nitrogens with zero attached hydrogens (tertiary/aromatic N) is 2. The number of benzene rings is 1. The molecule has 1 aromatic heterocycles. The summed E-state index contributed by atoms with van der Waals surface area (Å²) in [6.07, 6.45) is 3.95. The number of aromatic nitrogens is 2. The van der Waals surface area contributed by atoms with Gasteiger partial charge in [-0.15, -0.1) is 0 Å². The van der Waals surface area contributed by atoms with Crippen LogP contribution in [0.3, 0.4) is 0 Å². The average molecular weight is 214 g/mol. The van der Waals surface area contributed by atoms with Gasteiger partial charge in [0.1, 0.15) is 0 Å². The molecule has 0 atom stereocenters. The van der Waals surface area contributed by atoms with E-state index < -0.39 is 0 Å². The van der Waals surface area contributed by atoms with Gasteiger partial charge in [-0.25, -0.2) is 0 Å². The van der Waals surface area contributed by atoms with Crippen molar-refractivity contribution in [2.24, 2.45) is 7.05 Å². The molecule has 0 aliphatic heterocycles. The fourth-order valence-corrected chi connectivity index (χ4v) is 2.07. The van der Waals surface area contributed by atoms with Gasteiger partial charge in [0, 0.05) is 18.8 Å². The van der Waals surface area contributed by atoms with Crippen LogP contribution < -0.4 is 0 Å². The van der Waals surface area contributed by atoms with E-state index >= 15 is 0 Å². The largest absolute Gasteiger partial charge is 0.275 e. The van der Waals surface area contributed by atoms with Crippen molar-refractivity contribution in [2.45, 2.75) is 26.7 Å². The van der Waals surface area contributed by atoms with Crippen LogP contribution in [0, 0.1) is 6.92 Å². The van der Waals surface area contributed by atoms with Crippen molar-refractivity contribution in [1.82, 2.24) is 9.78 Å². The van der Waals surface area contributed by atoms with Crippen LogP contribution in [-0.4, -0.2) is 9.78 Å². The molecular formula is C14H18N2. The lowest BCUT2D eigenvalue weighted by molar-refractivity contribution is 0.768. The Kier molecular flexibility index (Phi) is 2.82. The van der Waals surface area contributed by atoms with Crippen molar-refractivity contribution in [2.75, 3.05) is 0 Å². The quantitative estimate of drug-likeness (QED) is 0.748. The molecule has 0 spiro atoms. The molecule has 0 amide bonds. The number of hydrogen-bond acceptors (Lipinski definition) is 1. The SMILES string of the molecule is Cc1cc(-c2cnn(C)c2)ccc1C(C)C. The molecular weight excluding hydrogens is 196 g/mol. The average Bonchev–Trinajstić information content (AvgIpc) is 2.64. The summed E-state index contributed by atoms with van der Waals surface area (Å²) < 4.78 is 1.83. The number of rotatable bonds is 2. The van der Waals surface area contributed by atoms with Gasteiger partial charge < -0.3 is 0 Å². The van der Waals surface area contributed by atoms with E-state index in [2.05, 4.69) is 44.1 Å². The Morgan fingerprint density at radius 3 is 2.44 bits per heavy atom.